The van der Waals surface area contributed by atoms with Crippen molar-refractivity contribution in [1.82, 2.24) is 15.3 Å². The maximum atomic E-state index is 13.1. The van der Waals surface area contributed by atoms with Crippen LogP contribution in [-0.4, -0.2) is 59.8 Å². The standard InChI is InChI=1S/C23H25F3N6O3/c24-23(25,26)19-7-3-14(10-27-19)29-22(34)30-18-2-1-9-31(21(18)33)15-6-8-20(28-11-15)32-16-4-5-17(32)13-35-12-16/h3,6-8,10-11,16-18H,1-2,4-5,9,12-13H2,(H2,29,30,34)/t16-,17+,18-/m1/s1. The molecule has 0 saturated carbocycles. The first kappa shape index (κ1) is 23.3. The van der Waals surface area contributed by atoms with Crippen molar-refractivity contribution in [3.05, 3.63) is 42.4 Å². The smallest absolute Gasteiger partial charge is 0.377 e. The summed E-state index contributed by atoms with van der Waals surface area (Å²) in [6, 6.07) is 4.88. The monoisotopic (exact) mass is 490 g/mol. The number of nitrogens with zero attached hydrogens (tertiary/aromatic N) is 4. The molecular formula is C23H25F3N6O3. The lowest BCUT2D eigenvalue weighted by Crippen LogP contribution is -2.53. The quantitative estimate of drug-likeness (QED) is 0.683. The molecule has 0 spiro atoms. The number of pyridine rings is 2. The summed E-state index contributed by atoms with van der Waals surface area (Å²) in [6.07, 6.45) is 1.33. The normalized spacial score (nSPS) is 24.4. The van der Waals surface area contributed by atoms with Gasteiger partial charge in [-0.1, -0.05) is 0 Å². The Hall–Kier alpha value is -3.41. The zero-order chi connectivity index (χ0) is 24.6. The average molecular weight is 490 g/mol. The first-order chi connectivity index (χ1) is 16.8. The molecule has 2 bridgehead atoms. The number of piperidine rings is 1. The number of halogens is 3. The van der Waals surface area contributed by atoms with Gasteiger partial charge in [0.2, 0.25) is 5.91 Å². The summed E-state index contributed by atoms with van der Waals surface area (Å²) in [5.41, 5.74) is -0.312. The number of carbonyl (C=O) groups is 2. The first-order valence-electron chi connectivity index (χ1n) is 11.5. The Kier molecular flexibility index (Phi) is 6.22. The van der Waals surface area contributed by atoms with E-state index in [1.165, 1.54) is 0 Å². The average Bonchev–Trinajstić information content (AvgIpc) is 3.08. The number of alkyl halides is 3. The molecule has 0 radical (unpaired) electrons. The predicted octanol–water partition coefficient (Wildman–Crippen LogP) is 3.18. The van der Waals surface area contributed by atoms with Gasteiger partial charge in [0.05, 0.1) is 49.1 Å². The van der Waals surface area contributed by atoms with Gasteiger partial charge in [0.1, 0.15) is 17.6 Å². The topological polar surface area (TPSA) is 99.7 Å². The van der Waals surface area contributed by atoms with E-state index in [1.807, 2.05) is 12.1 Å². The fourth-order valence-corrected chi connectivity index (χ4v) is 4.92. The molecule has 0 aliphatic carbocycles. The molecule has 5 rings (SSSR count). The number of morpholine rings is 1. The Morgan fingerprint density at radius 1 is 1.03 bits per heavy atom. The molecule has 9 nitrogen and oxygen atoms in total. The van der Waals surface area contributed by atoms with E-state index in [-0.39, 0.29) is 11.6 Å². The maximum Gasteiger partial charge on any atom is 0.433 e. The predicted molar refractivity (Wildman–Crippen MR) is 121 cm³/mol. The molecule has 186 valence electrons. The first-order valence-corrected chi connectivity index (χ1v) is 11.5. The van der Waals surface area contributed by atoms with Crippen LogP contribution in [0.15, 0.2) is 36.7 Å². The number of fused-ring (bicyclic) bond motifs is 2. The third-order valence-electron chi connectivity index (χ3n) is 6.60. The van der Waals surface area contributed by atoms with E-state index < -0.39 is 23.9 Å². The molecule has 3 saturated heterocycles. The van der Waals surface area contributed by atoms with Gasteiger partial charge in [-0.3, -0.25) is 4.79 Å². The van der Waals surface area contributed by atoms with Crippen LogP contribution in [0.5, 0.6) is 0 Å². The van der Waals surface area contributed by atoms with Crippen molar-refractivity contribution in [3.8, 4) is 0 Å². The summed E-state index contributed by atoms with van der Waals surface area (Å²) in [5, 5.41) is 5.03. The number of hydrogen-bond acceptors (Lipinski definition) is 6. The molecule has 0 unspecified atom stereocenters. The van der Waals surface area contributed by atoms with Crippen molar-refractivity contribution in [2.24, 2.45) is 0 Å². The number of carbonyl (C=O) groups excluding carboxylic acids is 2. The van der Waals surface area contributed by atoms with E-state index in [9.17, 15) is 22.8 Å². The van der Waals surface area contributed by atoms with Crippen LogP contribution in [0.4, 0.5) is 35.2 Å². The molecule has 2 aromatic rings. The summed E-state index contributed by atoms with van der Waals surface area (Å²) in [6.45, 7) is 1.90. The summed E-state index contributed by atoms with van der Waals surface area (Å²) in [5.74, 6) is 0.603. The Morgan fingerprint density at radius 3 is 2.43 bits per heavy atom. The van der Waals surface area contributed by atoms with Crippen LogP contribution in [0.1, 0.15) is 31.4 Å². The van der Waals surface area contributed by atoms with E-state index >= 15 is 0 Å². The Morgan fingerprint density at radius 2 is 1.80 bits per heavy atom. The minimum atomic E-state index is -4.56. The maximum absolute atomic E-state index is 13.1. The summed E-state index contributed by atoms with van der Waals surface area (Å²) in [7, 11) is 0. The Bertz CT molecular complexity index is 1060. The highest BCUT2D eigenvalue weighted by Gasteiger charge is 2.38. The summed E-state index contributed by atoms with van der Waals surface area (Å²) in [4.78, 5) is 37.2. The van der Waals surface area contributed by atoms with Gasteiger partial charge in [0, 0.05) is 6.54 Å². The van der Waals surface area contributed by atoms with Gasteiger partial charge in [-0.2, -0.15) is 13.2 Å². The van der Waals surface area contributed by atoms with Gasteiger partial charge in [-0.05, 0) is 49.9 Å². The van der Waals surface area contributed by atoms with Gasteiger partial charge in [-0.25, -0.2) is 14.8 Å². The van der Waals surface area contributed by atoms with Crippen LogP contribution in [0.2, 0.25) is 0 Å². The number of urea groups is 1. The second-order valence-electron chi connectivity index (χ2n) is 8.92. The van der Waals surface area contributed by atoms with Crippen LogP contribution < -0.4 is 20.4 Å². The fraction of sp³-hybridized carbons (Fsp3) is 0.478. The molecule has 3 fully saturated rings. The SMILES string of the molecule is O=C(Nc1ccc(C(F)(F)F)nc1)N[C@@H]1CCCN(c2ccc(N3[C@@H]4CC[C@H]3COC4)nc2)C1=O. The Balaban J connectivity index is 1.20. The van der Waals surface area contributed by atoms with Crippen LogP contribution >= 0.6 is 0 Å². The van der Waals surface area contributed by atoms with Gasteiger partial charge >= 0.3 is 12.2 Å². The van der Waals surface area contributed by atoms with Crippen molar-refractivity contribution < 1.29 is 27.5 Å². The molecule has 2 aromatic heterocycles. The molecule has 3 aliphatic heterocycles. The second kappa shape index (κ2) is 9.33. The fourth-order valence-electron chi connectivity index (χ4n) is 4.92. The van der Waals surface area contributed by atoms with E-state index in [0.29, 0.717) is 50.4 Å². The lowest BCUT2D eigenvalue weighted by Gasteiger charge is -2.36. The lowest BCUT2D eigenvalue weighted by atomic mass is 10.0. The molecule has 3 atom stereocenters. The van der Waals surface area contributed by atoms with E-state index in [0.717, 1.165) is 37.0 Å². The molecule has 2 N–H and O–H groups in total. The molecule has 35 heavy (non-hydrogen) atoms. The van der Waals surface area contributed by atoms with Crippen molar-refractivity contribution in [3.63, 3.8) is 0 Å². The number of amides is 3. The highest BCUT2D eigenvalue weighted by molar-refractivity contribution is 6.01. The molecule has 5 heterocycles. The minimum absolute atomic E-state index is 0.0903. The second-order valence-corrected chi connectivity index (χ2v) is 8.92. The number of hydrogen-bond donors (Lipinski definition) is 2. The van der Waals surface area contributed by atoms with Gasteiger partial charge in [0.25, 0.3) is 0 Å². The summed E-state index contributed by atoms with van der Waals surface area (Å²) >= 11 is 0. The van der Waals surface area contributed by atoms with Crippen LogP contribution in [-0.2, 0) is 15.7 Å². The third-order valence-corrected chi connectivity index (χ3v) is 6.60. The van der Waals surface area contributed by atoms with Gasteiger partial charge < -0.3 is 25.2 Å². The van der Waals surface area contributed by atoms with Gasteiger partial charge in [-0.15, -0.1) is 0 Å². The number of nitrogens with one attached hydrogen (secondary N) is 2. The Labute approximate surface area is 199 Å². The largest absolute Gasteiger partial charge is 0.433 e. The molecule has 0 aromatic carbocycles. The van der Waals surface area contributed by atoms with Crippen LogP contribution in [0.25, 0.3) is 0 Å². The van der Waals surface area contributed by atoms with Gasteiger partial charge in [0.15, 0.2) is 0 Å². The van der Waals surface area contributed by atoms with E-state index in [4.69, 9.17) is 4.74 Å². The molecule has 3 amide bonds. The molecule has 3 aliphatic rings. The number of rotatable bonds is 4. The highest BCUT2D eigenvalue weighted by atomic mass is 19.4. The highest BCUT2D eigenvalue weighted by Crippen LogP contribution is 2.33. The van der Waals surface area contributed by atoms with Crippen LogP contribution in [0, 0.1) is 0 Å². The van der Waals surface area contributed by atoms with Crippen molar-refractivity contribution in [2.45, 2.75) is 50.0 Å². The zero-order valence-corrected chi connectivity index (χ0v) is 18.8. The molecular weight excluding hydrogens is 465 g/mol. The molecule has 12 heteroatoms. The van der Waals surface area contributed by atoms with Crippen molar-refractivity contribution in [1.29, 1.82) is 0 Å². The van der Waals surface area contributed by atoms with Crippen molar-refractivity contribution >= 4 is 29.1 Å². The third kappa shape index (κ3) is 4.88. The number of aromatic nitrogens is 2. The lowest BCUT2D eigenvalue weighted by molar-refractivity contribution is -0.141. The van der Waals surface area contributed by atoms with E-state index in [2.05, 4.69) is 25.5 Å². The minimum Gasteiger partial charge on any atom is -0.377 e. The summed E-state index contributed by atoms with van der Waals surface area (Å²) < 4.78 is 43.6. The van der Waals surface area contributed by atoms with Crippen molar-refractivity contribution in [2.75, 3.05) is 34.9 Å². The zero-order valence-electron chi connectivity index (χ0n) is 18.8. The van der Waals surface area contributed by atoms with E-state index in [1.54, 1.807) is 11.1 Å². The number of anilines is 3. The van der Waals surface area contributed by atoms with Crippen LogP contribution in [0.3, 0.4) is 0 Å². The number of ether oxygens (including phenoxy) is 1.